The molecule has 1 heterocycles. The molecule has 52 valence electrons. The Hall–Kier alpha value is -0.0400. The topological polar surface area (TPSA) is 12.5 Å². The van der Waals surface area contributed by atoms with Crippen molar-refractivity contribution in [3.8, 4) is 0 Å². The van der Waals surface area contributed by atoms with Gasteiger partial charge in [-0.25, -0.2) is 0 Å². The van der Waals surface area contributed by atoms with E-state index in [1.165, 1.54) is 32.1 Å². The minimum Gasteiger partial charge on any atom is -0.373 e. The number of hydrogen-bond donors (Lipinski definition) is 0. The van der Waals surface area contributed by atoms with E-state index in [9.17, 15) is 0 Å². The van der Waals surface area contributed by atoms with Crippen molar-refractivity contribution in [2.75, 3.05) is 6.61 Å². The van der Waals surface area contributed by atoms with Crippen LogP contribution in [0.3, 0.4) is 0 Å². The predicted molar refractivity (Wildman–Crippen MR) is 36.3 cm³/mol. The SMILES string of the molecule is C1CCC(C2CO2)CC1. The van der Waals surface area contributed by atoms with Gasteiger partial charge in [0.15, 0.2) is 0 Å². The van der Waals surface area contributed by atoms with Gasteiger partial charge in [0.2, 0.25) is 0 Å². The molecule has 1 saturated carbocycles. The van der Waals surface area contributed by atoms with E-state index in [0.29, 0.717) is 6.10 Å². The molecule has 1 aliphatic heterocycles. The first kappa shape index (κ1) is 5.72. The van der Waals surface area contributed by atoms with Crippen molar-refractivity contribution in [2.24, 2.45) is 5.92 Å². The average molecular weight is 126 g/mol. The minimum absolute atomic E-state index is 0.685. The Morgan fingerprint density at radius 3 is 2.22 bits per heavy atom. The molecule has 1 unspecified atom stereocenters. The van der Waals surface area contributed by atoms with Crippen LogP contribution in [0.5, 0.6) is 0 Å². The van der Waals surface area contributed by atoms with Crippen LogP contribution < -0.4 is 0 Å². The van der Waals surface area contributed by atoms with Crippen LogP contribution in [0.15, 0.2) is 0 Å². The van der Waals surface area contributed by atoms with Crippen LogP contribution in [0.25, 0.3) is 0 Å². The minimum atomic E-state index is 0.685. The third-order valence-electron chi connectivity index (χ3n) is 2.53. The summed E-state index contributed by atoms with van der Waals surface area (Å²) in [7, 11) is 0. The Morgan fingerprint density at radius 1 is 1.00 bits per heavy atom. The summed E-state index contributed by atoms with van der Waals surface area (Å²) in [5.74, 6) is 0.943. The average Bonchev–Trinajstić information content (AvgIpc) is 2.71. The van der Waals surface area contributed by atoms with Crippen molar-refractivity contribution in [1.82, 2.24) is 0 Å². The summed E-state index contributed by atoms with van der Waals surface area (Å²) in [6, 6.07) is 0. The van der Waals surface area contributed by atoms with Gasteiger partial charge >= 0.3 is 0 Å². The van der Waals surface area contributed by atoms with Gasteiger partial charge in [-0.3, -0.25) is 0 Å². The van der Waals surface area contributed by atoms with Crippen molar-refractivity contribution >= 4 is 0 Å². The molecule has 1 aliphatic carbocycles. The summed E-state index contributed by atoms with van der Waals surface area (Å²) < 4.78 is 5.25. The van der Waals surface area contributed by atoms with Gasteiger partial charge in [0.05, 0.1) is 12.7 Å². The first-order valence-corrected chi connectivity index (χ1v) is 4.08. The van der Waals surface area contributed by atoms with Crippen LogP contribution >= 0.6 is 0 Å². The van der Waals surface area contributed by atoms with Crippen LogP contribution in [0.1, 0.15) is 32.1 Å². The zero-order chi connectivity index (χ0) is 6.10. The fourth-order valence-electron chi connectivity index (χ4n) is 1.83. The van der Waals surface area contributed by atoms with Gasteiger partial charge in [0.1, 0.15) is 0 Å². The summed E-state index contributed by atoms with van der Waals surface area (Å²) in [6.45, 7) is 1.06. The molecule has 2 fully saturated rings. The number of ether oxygens (including phenoxy) is 1. The van der Waals surface area contributed by atoms with E-state index in [2.05, 4.69) is 0 Å². The van der Waals surface area contributed by atoms with Crippen LogP contribution in [-0.2, 0) is 4.74 Å². The Bertz CT molecular complexity index is 90.7. The van der Waals surface area contributed by atoms with Gasteiger partial charge in [0, 0.05) is 0 Å². The van der Waals surface area contributed by atoms with Crippen LogP contribution in [0.2, 0.25) is 0 Å². The monoisotopic (exact) mass is 126 g/mol. The van der Waals surface area contributed by atoms with E-state index in [4.69, 9.17) is 4.74 Å². The van der Waals surface area contributed by atoms with E-state index in [1.54, 1.807) is 0 Å². The molecule has 1 heteroatoms. The molecular weight excluding hydrogens is 112 g/mol. The van der Waals surface area contributed by atoms with Crippen LogP contribution in [0.4, 0.5) is 0 Å². The highest BCUT2D eigenvalue weighted by atomic mass is 16.6. The molecule has 2 rings (SSSR count). The Morgan fingerprint density at radius 2 is 1.67 bits per heavy atom. The highest BCUT2D eigenvalue weighted by Gasteiger charge is 2.32. The molecule has 9 heavy (non-hydrogen) atoms. The van der Waals surface area contributed by atoms with Gasteiger partial charge in [-0.2, -0.15) is 0 Å². The maximum Gasteiger partial charge on any atom is 0.0838 e. The molecular formula is C8H14O. The summed E-state index contributed by atoms with van der Waals surface area (Å²) in [5, 5.41) is 0. The fourth-order valence-corrected chi connectivity index (χ4v) is 1.83. The molecule has 1 nitrogen and oxygen atoms in total. The van der Waals surface area contributed by atoms with Gasteiger partial charge in [-0.1, -0.05) is 19.3 Å². The molecule has 1 saturated heterocycles. The summed E-state index contributed by atoms with van der Waals surface area (Å²) in [6.07, 6.45) is 7.92. The zero-order valence-electron chi connectivity index (χ0n) is 5.81. The third-order valence-corrected chi connectivity index (χ3v) is 2.53. The lowest BCUT2D eigenvalue weighted by atomic mass is 9.87. The molecule has 0 bridgehead atoms. The van der Waals surface area contributed by atoms with Crippen molar-refractivity contribution in [3.05, 3.63) is 0 Å². The zero-order valence-corrected chi connectivity index (χ0v) is 5.81. The lowest BCUT2D eigenvalue weighted by Crippen LogP contribution is -2.11. The smallest absolute Gasteiger partial charge is 0.0838 e. The first-order chi connectivity index (χ1) is 4.47. The van der Waals surface area contributed by atoms with Crippen molar-refractivity contribution < 1.29 is 4.74 Å². The second-order valence-corrected chi connectivity index (χ2v) is 3.27. The van der Waals surface area contributed by atoms with Gasteiger partial charge in [-0.05, 0) is 18.8 Å². The standard InChI is InChI=1S/C8H14O/c1-2-4-7(5-3-1)8-6-9-8/h7-8H,1-6H2. The van der Waals surface area contributed by atoms with E-state index in [-0.39, 0.29) is 0 Å². The molecule has 0 spiro atoms. The summed E-state index contributed by atoms with van der Waals surface area (Å²) in [4.78, 5) is 0. The van der Waals surface area contributed by atoms with E-state index in [0.717, 1.165) is 12.5 Å². The Kier molecular flexibility index (Phi) is 1.46. The second-order valence-electron chi connectivity index (χ2n) is 3.27. The maximum atomic E-state index is 5.25. The number of rotatable bonds is 1. The van der Waals surface area contributed by atoms with E-state index < -0.39 is 0 Å². The highest BCUT2D eigenvalue weighted by molar-refractivity contribution is 4.81. The van der Waals surface area contributed by atoms with E-state index >= 15 is 0 Å². The number of epoxide rings is 1. The van der Waals surface area contributed by atoms with Gasteiger partial charge < -0.3 is 4.74 Å². The molecule has 0 amide bonds. The Labute approximate surface area is 56.4 Å². The highest BCUT2D eigenvalue weighted by Crippen LogP contribution is 2.32. The largest absolute Gasteiger partial charge is 0.373 e. The molecule has 0 aromatic carbocycles. The van der Waals surface area contributed by atoms with Crippen LogP contribution in [0, 0.1) is 5.92 Å². The number of hydrogen-bond acceptors (Lipinski definition) is 1. The third kappa shape index (κ3) is 1.26. The van der Waals surface area contributed by atoms with Gasteiger partial charge in [-0.15, -0.1) is 0 Å². The maximum absolute atomic E-state index is 5.25. The molecule has 0 aromatic heterocycles. The van der Waals surface area contributed by atoms with Crippen molar-refractivity contribution in [1.29, 1.82) is 0 Å². The van der Waals surface area contributed by atoms with Crippen molar-refractivity contribution in [2.45, 2.75) is 38.2 Å². The molecule has 1 atom stereocenters. The first-order valence-electron chi connectivity index (χ1n) is 4.08. The molecule has 0 radical (unpaired) electrons. The Balaban J connectivity index is 1.80. The fraction of sp³-hybridized carbons (Fsp3) is 1.00. The lowest BCUT2D eigenvalue weighted by molar-refractivity contribution is 0.266. The molecule has 0 aromatic rings. The second kappa shape index (κ2) is 2.30. The molecule has 2 aliphatic rings. The van der Waals surface area contributed by atoms with Gasteiger partial charge in [0.25, 0.3) is 0 Å². The quantitative estimate of drug-likeness (QED) is 0.489. The van der Waals surface area contributed by atoms with Crippen molar-refractivity contribution in [3.63, 3.8) is 0 Å². The van der Waals surface area contributed by atoms with E-state index in [1.807, 2.05) is 0 Å². The lowest BCUT2D eigenvalue weighted by Gasteiger charge is -2.18. The summed E-state index contributed by atoms with van der Waals surface area (Å²) >= 11 is 0. The summed E-state index contributed by atoms with van der Waals surface area (Å²) in [5.41, 5.74) is 0. The normalized spacial score (nSPS) is 36.7. The predicted octanol–water partition coefficient (Wildman–Crippen LogP) is 1.97. The molecule has 0 N–H and O–H groups in total. The van der Waals surface area contributed by atoms with Crippen LogP contribution in [-0.4, -0.2) is 12.7 Å².